The number of carbonyl (C=O) groups is 2. The number of rotatable bonds is 7. The molecule has 0 saturated heterocycles. The summed E-state index contributed by atoms with van der Waals surface area (Å²) in [7, 11) is 1.56. The lowest BCUT2D eigenvalue weighted by Crippen LogP contribution is -2.30. The molecule has 10 heteroatoms. The SMILES string of the molecule is C=CCOC(=O)c1sc(N2C(=O)C(O)=C(c3nc4ccccc4s3)[C@@H]2c2cccc(OC)c2)nc1C. The number of anilines is 1. The van der Waals surface area contributed by atoms with Crippen LogP contribution >= 0.6 is 22.7 Å². The number of carbonyl (C=O) groups excluding carboxylic acids is 2. The summed E-state index contributed by atoms with van der Waals surface area (Å²) >= 11 is 2.42. The molecule has 2 aromatic carbocycles. The highest BCUT2D eigenvalue weighted by Gasteiger charge is 2.45. The number of aromatic nitrogens is 2. The van der Waals surface area contributed by atoms with Crippen LogP contribution in [0.5, 0.6) is 5.75 Å². The average molecular weight is 520 g/mol. The van der Waals surface area contributed by atoms with Crippen LogP contribution < -0.4 is 9.64 Å². The molecule has 0 unspecified atom stereocenters. The second-order valence-corrected chi connectivity index (χ2v) is 9.91. The van der Waals surface area contributed by atoms with E-state index >= 15 is 0 Å². The molecule has 0 radical (unpaired) electrons. The van der Waals surface area contributed by atoms with Gasteiger partial charge in [-0.2, -0.15) is 0 Å². The molecule has 4 aromatic rings. The number of para-hydroxylation sites is 1. The Morgan fingerprint density at radius 3 is 2.75 bits per heavy atom. The zero-order chi connectivity index (χ0) is 25.4. The Labute approximate surface area is 214 Å². The van der Waals surface area contributed by atoms with E-state index in [2.05, 4.69) is 11.6 Å². The fourth-order valence-electron chi connectivity index (χ4n) is 4.01. The molecule has 0 fully saturated rings. The van der Waals surface area contributed by atoms with E-state index in [1.54, 1.807) is 26.2 Å². The first-order chi connectivity index (χ1) is 17.4. The van der Waals surface area contributed by atoms with Gasteiger partial charge in [0.25, 0.3) is 5.91 Å². The highest BCUT2D eigenvalue weighted by molar-refractivity contribution is 7.19. The summed E-state index contributed by atoms with van der Waals surface area (Å²) in [5.74, 6) is -0.995. The molecule has 36 heavy (non-hydrogen) atoms. The Bertz CT molecular complexity index is 1500. The Kier molecular flexibility index (Phi) is 6.29. The molecular formula is C26H21N3O5S2. The molecule has 2 aromatic heterocycles. The van der Waals surface area contributed by atoms with Gasteiger partial charge < -0.3 is 14.6 Å². The van der Waals surface area contributed by atoms with Gasteiger partial charge in [0, 0.05) is 0 Å². The van der Waals surface area contributed by atoms with Crippen LogP contribution in [0.25, 0.3) is 15.8 Å². The summed E-state index contributed by atoms with van der Waals surface area (Å²) < 4.78 is 11.5. The first-order valence-corrected chi connectivity index (χ1v) is 12.6. The summed E-state index contributed by atoms with van der Waals surface area (Å²) in [5, 5.41) is 11.9. The molecule has 0 saturated carbocycles. The van der Waals surface area contributed by atoms with E-state index in [0.717, 1.165) is 21.6 Å². The van der Waals surface area contributed by atoms with Crippen molar-refractivity contribution in [3.05, 3.63) is 88.1 Å². The maximum Gasteiger partial charge on any atom is 0.350 e. The third-order valence-corrected chi connectivity index (χ3v) is 7.86. The lowest BCUT2D eigenvalue weighted by Gasteiger charge is -2.24. The number of benzene rings is 2. The first-order valence-electron chi connectivity index (χ1n) is 10.9. The number of methoxy groups -OCH3 is 1. The Balaban J connectivity index is 1.66. The quantitative estimate of drug-likeness (QED) is 0.255. The molecule has 0 aliphatic carbocycles. The van der Waals surface area contributed by atoms with Crippen LogP contribution in [0.2, 0.25) is 0 Å². The Morgan fingerprint density at radius 1 is 1.19 bits per heavy atom. The lowest BCUT2D eigenvalue weighted by atomic mass is 9.99. The predicted molar refractivity (Wildman–Crippen MR) is 140 cm³/mol. The summed E-state index contributed by atoms with van der Waals surface area (Å²) in [6.45, 7) is 5.29. The number of hydrogen-bond acceptors (Lipinski definition) is 9. The van der Waals surface area contributed by atoms with Crippen LogP contribution in [0.1, 0.15) is 32.0 Å². The van der Waals surface area contributed by atoms with Crippen molar-refractivity contribution >= 4 is 55.5 Å². The van der Waals surface area contributed by atoms with Crippen molar-refractivity contribution < 1.29 is 24.2 Å². The number of fused-ring (bicyclic) bond motifs is 1. The van der Waals surface area contributed by atoms with E-state index < -0.39 is 23.7 Å². The van der Waals surface area contributed by atoms with Crippen LogP contribution in [-0.2, 0) is 9.53 Å². The number of thiazole rings is 2. The van der Waals surface area contributed by atoms with Crippen molar-refractivity contribution in [2.75, 3.05) is 18.6 Å². The van der Waals surface area contributed by atoms with Crippen LogP contribution in [0, 0.1) is 6.92 Å². The highest BCUT2D eigenvalue weighted by Crippen LogP contribution is 2.48. The van der Waals surface area contributed by atoms with E-state index in [4.69, 9.17) is 14.5 Å². The number of esters is 1. The third kappa shape index (κ3) is 4.04. The molecule has 0 spiro atoms. The molecule has 1 aliphatic heterocycles. The largest absolute Gasteiger partial charge is 0.503 e. The minimum Gasteiger partial charge on any atom is -0.503 e. The monoisotopic (exact) mass is 519 g/mol. The molecule has 0 bridgehead atoms. The number of aryl methyl sites for hydroxylation is 1. The standard InChI is InChI=1S/C26H21N3O5S2/c1-4-12-34-25(32)22-14(2)27-26(36-22)29-20(15-8-7-9-16(13-15)33-3)19(21(30)24(29)31)23-28-17-10-5-6-11-18(17)35-23/h4-11,13,20,30H,1,12H2,2-3H3/t20-/m0/s1. The van der Waals surface area contributed by atoms with E-state index in [1.165, 1.54) is 22.3 Å². The summed E-state index contributed by atoms with van der Waals surface area (Å²) in [5.41, 5.74) is 2.27. The Hall–Kier alpha value is -4.02. The number of aliphatic hydroxyl groups excluding tert-OH is 1. The van der Waals surface area contributed by atoms with Gasteiger partial charge in [-0.25, -0.2) is 14.8 Å². The second kappa shape index (κ2) is 9.56. The number of amides is 1. The number of aliphatic hydroxyl groups is 1. The zero-order valence-corrected chi connectivity index (χ0v) is 21.1. The van der Waals surface area contributed by atoms with Gasteiger partial charge in [-0.05, 0) is 36.8 Å². The van der Waals surface area contributed by atoms with Gasteiger partial charge in [0.2, 0.25) is 0 Å². The summed E-state index contributed by atoms with van der Waals surface area (Å²) in [6.07, 6.45) is 1.48. The predicted octanol–water partition coefficient (Wildman–Crippen LogP) is 5.47. The zero-order valence-electron chi connectivity index (χ0n) is 19.4. The fraction of sp³-hybridized carbons (Fsp3) is 0.154. The van der Waals surface area contributed by atoms with Gasteiger partial charge in [0.15, 0.2) is 10.9 Å². The van der Waals surface area contributed by atoms with Crippen molar-refractivity contribution in [1.29, 1.82) is 0 Å². The molecule has 3 heterocycles. The van der Waals surface area contributed by atoms with Crippen LogP contribution in [0.3, 0.4) is 0 Å². The van der Waals surface area contributed by atoms with Gasteiger partial charge in [-0.1, -0.05) is 48.3 Å². The van der Waals surface area contributed by atoms with Crippen molar-refractivity contribution in [2.24, 2.45) is 0 Å². The van der Waals surface area contributed by atoms with E-state index in [-0.39, 0.29) is 16.6 Å². The topological polar surface area (TPSA) is 102 Å². The number of hydrogen-bond donors (Lipinski definition) is 1. The van der Waals surface area contributed by atoms with Gasteiger partial charge in [-0.3, -0.25) is 9.69 Å². The Morgan fingerprint density at radius 2 is 2.00 bits per heavy atom. The second-order valence-electron chi connectivity index (χ2n) is 7.90. The summed E-state index contributed by atoms with van der Waals surface area (Å²) in [4.78, 5) is 36.9. The number of nitrogens with zero attached hydrogens (tertiary/aromatic N) is 3. The fourth-order valence-corrected chi connectivity index (χ4v) is 6.03. The molecule has 5 rings (SSSR count). The molecule has 8 nitrogen and oxygen atoms in total. The minimum absolute atomic E-state index is 0.0602. The molecule has 1 aliphatic rings. The first kappa shape index (κ1) is 23.7. The van der Waals surface area contributed by atoms with E-state index in [1.807, 2.05) is 36.4 Å². The molecule has 1 amide bonds. The molecular weight excluding hydrogens is 498 g/mol. The maximum absolute atomic E-state index is 13.5. The van der Waals surface area contributed by atoms with Gasteiger partial charge in [0.05, 0.1) is 34.6 Å². The molecule has 1 N–H and O–H groups in total. The smallest absolute Gasteiger partial charge is 0.350 e. The lowest BCUT2D eigenvalue weighted by molar-refractivity contribution is -0.117. The van der Waals surface area contributed by atoms with E-state index in [0.29, 0.717) is 27.6 Å². The van der Waals surface area contributed by atoms with Crippen LogP contribution in [0.4, 0.5) is 5.13 Å². The van der Waals surface area contributed by atoms with Crippen molar-refractivity contribution in [2.45, 2.75) is 13.0 Å². The normalized spacial score (nSPS) is 15.6. The van der Waals surface area contributed by atoms with Crippen LogP contribution in [0.15, 0.2) is 66.9 Å². The van der Waals surface area contributed by atoms with E-state index in [9.17, 15) is 14.7 Å². The highest BCUT2D eigenvalue weighted by atomic mass is 32.1. The van der Waals surface area contributed by atoms with Gasteiger partial charge >= 0.3 is 5.97 Å². The third-order valence-electron chi connectivity index (χ3n) is 5.65. The van der Waals surface area contributed by atoms with Crippen molar-refractivity contribution in [3.8, 4) is 5.75 Å². The number of ether oxygens (including phenoxy) is 2. The average Bonchev–Trinajstić information content (AvgIpc) is 3.56. The molecule has 1 atom stereocenters. The van der Waals surface area contributed by atoms with Gasteiger partial charge in [-0.15, -0.1) is 11.3 Å². The maximum atomic E-state index is 13.5. The summed E-state index contributed by atoms with van der Waals surface area (Å²) in [6, 6.07) is 14.1. The van der Waals surface area contributed by atoms with Crippen molar-refractivity contribution in [3.63, 3.8) is 0 Å². The van der Waals surface area contributed by atoms with Gasteiger partial charge in [0.1, 0.15) is 22.2 Å². The van der Waals surface area contributed by atoms with Crippen molar-refractivity contribution in [1.82, 2.24) is 9.97 Å². The van der Waals surface area contributed by atoms with Crippen LogP contribution in [-0.4, -0.2) is 40.7 Å². The minimum atomic E-state index is -0.740. The molecule has 182 valence electrons.